The highest BCUT2D eigenvalue weighted by atomic mass is 16.5. The maximum Gasteiger partial charge on any atom is 0.414 e. The first-order valence-electron chi connectivity index (χ1n) is 13.7. The first-order valence-corrected chi connectivity index (χ1v) is 13.7. The minimum atomic E-state index is -0.377. The molecule has 2 aromatic heterocycles. The predicted molar refractivity (Wildman–Crippen MR) is 147 cm³/mol. The van der Waals surface area contributed by atoms with Gasteiger partial charge in [-0.1, -0.05) is 0 Å². The molecule has 1 aromatic carbocycles. The Morgan fingerprint density at radius 3 is 2.74 bits per heavy atom. The summed E-state index contributed by atoms with van der Waals surface area (Å²) < 4.78 is 19.3. The Bertz CT molecular complexity index is 1320. The summed E-state index contributed by atoms with van der Waals surface area (Å²) in [5.41, 5.74) is 3.64. The van der Waals surface area contributed by atoms with Gasteiger partial charge in [0.2, 0.25) is 5.88 Å². The molecule has 0 bridgehead atoms. The van der Waals surface area contributed by atoms with E-state index in [1.165, 1.54) is 13.4 Å². The lowest BCUT2D eigenvalue weighted by molar-refractivity contribution is 0.122. The predicted octanol–water partition coefficient (Wildman–Crippen LogP) is 3.80. The zero-order chi connectivity index (χ0) is 26.8. The van der Waals surface area contributed by atoms with Gasteiger partial charge in [0, 0.05) is 48.1 Å². The number of methoxy groups -OCH3 is 1. The molecule has 3 aliphatic rings. The van der Waals surface area contributed by atoms with Crippen molar-refractivity contribution in [3.8, 4) is 22.8 Å². The second-order valence-electron chi connectivity index (χ2n) is 10.3. The molecule has 3 aliphatic heterocycles. The number of anilines is 2. The van der Waals surface area contributed by atoms with E-state index in [1.54, 1.807) is 4.90 Å². The fraction of sp³-hybridized carbons (Fsp3) is 0.500. The Hall–Kier alpha value is -3.70. The number of fused-ring (bicyclic) bond motifs is 1. The lowest BCUT2D eigenvalue weighted by Crippen LogP contribution is -2.42. The monoisotopic (exact) mass is 533 g/mol. The van der Waals surface area contributed by atoms with Gasteiger partial charge in [-0.05, 0) is 57.8 Å². The van der Waals surface area contributed by atoms with Crippen molar-refractivity contribution in [1.29, 1.82) is 0 Å². The fourth-order valence-corrected chi connectivity index (χ4v) is 5.73. The van der Waals surface area contributed by atoms with Crippen molar-refractivity contribution in [3.63, 3.8) is 0 Å². The van der Waals surface area contributed by atoms with Crippen molar-refractivity contribution in [2.45, 2.75) is 44.7 Å². The van der Waals surface area contributed by atoms with Crippen LogP contribution in [-0.4, -0.2) is 78.4 Å². The Morgan fingerprint density at radius 2 is 1.95 bits per heavy atom. The molecular weight excluding hydrogens is 498 g/mol. The van der Waals surface area contributed by atoms with Gasteiger partial charge in [-0.25, -0.2) is 14.8 Å². The summed E-state index contributed by atoms with van der Waals surface area (Å²) >= 11 is 0. The molecule has 1 atom stereocenters. The molecule has 0 aliphatic carbocycles. The minimum absolute atomic E-state index is 0.0123. The Balaban J connectivity index is 1.41. The number of piperidine rings is 1. The molecule has 39 heavy (non-hydrogen) atoms. The van der Waals surface area contributed by atoms with Gasteiger partial charge in [0.25, 0.3) is 0 Å². The van der Waals surface area contributed by atoms with E-state index in [4.69, 9.17) is 19.3 Å². The third kappa shape index (κ3) is 5.16. The van der Waals surface area contributed by atoms with Gasteiger partial charge in [-0.3, -0.25) is 9.58 Å². The van der Waals surface area contributed by atoms with Crippen LogP contribution in [-0.2, 0) is 15.9 Å². The number of carbonyl (C=O) groups excluding carboxylic acids is 1. The molecule has 3 aromatic rings. The smallest absolute Gasteiger partial charge is 0.414 e. The molecule has 0 radical (unpaired) electrons. The molecule has 2 fully saturated rings. The van der Waals surface area contributed by atoms with E-state index in [0.717, 1.165) is 80.1 Å². The number of amides is 1. The first kappa shape index (κ1) is 25.6. The van der Waals surface area contributed by atoms with Crippen LogP contribution in [0.3, 0.4) is 0 Å². The Kier molecular flexibility index (Phi) is 7.34. The number of carbonyl (C=O) groups is 1. The molecule has 5 heterocycles. The van der Waals surface area contributed by atoms with Gasteiger partial charge in [-0.2, -0.15) is 5.10 Å². The number of benzene rings is 1. The number of morpholine rings is 1. The highest BCUT2D eigenvalue weighted by Crippen LogP contribution is 2.45. The second kappa shape index (κ2) is 11.2. The van der Waals surface area contributed by atoms with Crippen molar-refractivity contribution in [2.24, 2.45) is 0 Å². The summed E-state index contributed by atoms with van der Waals surface area (Å²) in [5, 5.41) is 8.14. The van der Waals surface area contributed by atoms with Gasteiger partial charge in [0.05, 0.1) is 38.2 Å². The lowest BCUT2D eigenvalue weighted by Gasteiger charge is -2.35. The normalized spacial score (nSPS) is 20.0. The summed E-state index contributed by atoms with van der Waals surface area (Å²) in [7, 11) is 1.42. The van der Waals surface area contributed by atoms with Gasteiger partial charge in [0.1, 0.15) is 17.9 Å². The number of hydrogen-bond acceptors (Lipinski definition) is 9. The number of rotatable bonds is 5. The van der Waals surface area contributed by atoms with E-state index < -0.39 is 0 Å². The molecule has 0 saturated carbocycles. The SMILES string of the molecule is COC(=O)N1c2ccc(-c3cnn(C4CCNCC4)c3)c(Oc3cc(N4CCOCC4)ncn3)c2CC[C@@H]1C. The van der Waals surface area contributed by atoms with Gasteiger partial charge >= 0.3 is 6.09 Å². The molecule has 1 N–H and O–H groups in total. The van der Waals surface area contributed by atoms with Crippen LogP contribution in [0.15, 0.2) is 36.9 Å². The highest BCUT2D eigenvalue weighted by molar-refractivity contribution is 5.92. The molecule has 0 spiro atoms. The Morgan fingerprint density at radius 1 is 1.13 bits per heavy atom. The molecule has 6 rings (SSSR count). The van der Waals surface area contributed by atoms with Crippen LogP contribution in [0.4, 0.5) is 16.3 Å². The van der Waals surface area contributed by atoms with Crippen molar-refractivity contribution in [3.05, 3.63) is 42.5 Å². The van der Waals surface area contributed by atoms with Crippen molar-refractivity contribution >= 4 is 17.6 Å². The first-order chi connectivity index (χ1) is 19.1. The zero-order valence-corrected chi connectivity index (χ0v) is 22.5. The molecule has 2 saturated heterocycles. The number of hydrogen-bond donors (Lipinski definition) is 1. The number of nitrogens with one attached hydrogen (secondary N) is 1. The molecule has 206 valence electrons. The van der Waals surface area contributed by atoms with Crippen molar-refractivity contribution in [1.82, 2.24) is 25.1 Å². The Labute approximate surface area is 228 Å². The van der Waals surface area contributed by atoms with E-state index >= 15 is 0 Å². The summed E-state index contributed by atoms with van der Waals surface area (Å²) in [6, 6.07) is 6.26. The van der Waals surface area contributed by atoms with E-state index in [2.05, 4.69) is 31.1 Å². The standard InChI is InChI=1S/C28H35N7O4/c1-19-3-4-23-24(35(19)28(36)37-2)6-5-22(20-16-32-34(17-20)21-7-9-29-10-8-21)27(23)39-26-15-25(30-18-31-26)33-11-13-38-14-12-33/h5-6,15-19,21,29H,3-4,7-14H2,1-2H3/t19-/m0/s1. The molecular formula is C28H35N7O4. The summed E-state index contributed by atoms with van der Waals surface area (Å²) in [5.74, 6) is 1.94. The van der Waals surface area contributed by atoms with Crippen LogP contribution in [0, 0.1) is 0 Å². The molecule has 1 amide bonds. The van der Waals surface area contributed by atoms with E-state index in [-0.39, 0.29) is 12.1 Å². The maximum absolute atomic E-state index is 12.8. The second-order valence-corrected chi connectivity index (χ2v) is 10.3. The number of nitrogens with zero attached hydrogens (tertiary/aromatic N) is 6. The third-order valence-electron chi connectivity index (χ3n) is 7.88. The van der Waals surface area contributed by atoms with Crippen LogP contribution in [0.5, 0.6) is 11.6 Å². The average molecular weight is 534 g/mol. The van der Waals surface area contributed by atoms with E-state index in [0.29, 0.717) is 30.9 Å². The quantitative estimate of drug-likeness (QED) is 0.524. The average Bonchev–Trinajstić information content (AvgIpc) is 3.48. The summed E-state index contributed by atoms with van der Waals surface area (Å²) in [6.45, 7) is 6.89. The van der Waals surface area contributed by atoms with Crippen molar-refractivity contribution < 1.29 is 19.0 Å². The van der Waals surface area contributed by atoms with Gasteiger partial charge in [-0.15, -0.1) is 0 Å². The molecule has 11 nitrogen and oxygen atoms in total. The minimum Gasteiger partial charge on any atom is -0.452 e. The van der Waals surface area contributed by atoms with E-state index in [1.807, 2.05) is 31.3 Å². The van der Waals surface area contributed by atoms with Crippen LogP contribution in [0.25, 0.3) is 11.1 Å². The largest absolute Gasteiger partial charge is 0.452 e. The number of aromatic nitrogens is 4. The summed E-state index contributed by atoms with van der Waals surface area (Å²) in [4.78, 5) is 25.6. The van der Waals surface area contributed by atoms with Crippen LogP contribution >= 0.6 is 0 Å². The molecule has 0 unspecified atom stereocenters. The van der Waals surface area contributed by atoms with Gasteiger partial charge in [0.15, 0.2) is 0 Å². The van der Waals surface area contributed by atoms with Crippen LogP contribution in [0.1, 0.15) is 37.8 Å². The van der Waals surface area contributed by atoms with Crippen LogP contribution in [0.2, 0.25) is 0 Å². The lowest BCUT2D eigenvalue weighted by atomic mass is 9.92. The fourth-order valence-electron chi connectivity index (χ4n) is 5.73. The third-order valence-corrected chi connectivity index (χ3v) is 7.88. The summed E-state index contributed by atoms with van der Waals surface area (Å²) in [6.07, 6.45) is 8.81. The zero-order valence-electron chi connectivity index (χ0n) is 22.5. The van der Waals surface area contributed by atoms with Crippen molar-refractivity contribution in [2.75, 3.05) is 56.3 Å². The highest BCUT2D eigenvalue weighted by Gasteiger charge is 2.33. The molecule has 11 heteroatoms. The van der Waals surface area contributed by atoms with Crippen LogP contribution < -0.4 is 19.9 Å². The van der Waals surface area contributed by atoms with E-state index in [9.17, 15) is 4.79 Å². The maximum atomic E-state index is 12.8. The topological polar surface area (TPSA) is 107 Å². The number of ether oxygens (including phenoxy) is 3. The van der Waals surface area contributed by atoms with Gasteiger partial charge < -0.3 is 24.4 Å².